The average molecular weight is 323 g/mol. The van der Waals surface area contributed by atoms with Crippen molar-refractivity contribution in [3.63, 3.8) is 0 Å². The van der Waals surface area contributed by atoms with Crippen LogP contribution in [0.15, 0.2) is 36.5 Å². The second kappa shape index (κ2) is 4.90. The number of aromatic nitrogens is 2. The minimum absolute atomic E-state index is 0.181. The second-order valence-electron chi connectivity index (χ2n) is 2.89. The predicted molar refractivity (Wildman–Crippen MR) is 66.0 cm³/mol. The molecule has 0 saturated heterocycles. The molecule has 0 amide bonds. The van der Waals surface area contributed by atoms with E-state index in [0.29, 0.717) is 5.75 Å². The molecular formula is C11H6IN3O. The number of ether oxygens (including phenoxy) is 1. The smallest absolute Gasteiger partial charge is 0.323 e. The Morgan fingerprint density at radius 3 is 2.62 bits per heavy atom. The molecule has 0 spiro atoms. The summed E-state index contributed by atoms with van der Waals surface area (Å²) in [6, 6.07) is 11.1. The Balaban J connectivity index is 2.21. The minimum Gasteiger partial charge on any atom is -0.424 e. The summed E-state index contributed by atoms with van der Waals surface area (Å²) in [7, 11) is 0. The lowest BCUT2D eigenvalue weighted by atomic mass is 10.3. The van der Waals surface area contributed by atoms with Gasteiger partial charge in [-0.2, -0.15) is 10.2 Å². The Hall–Kier alpha value is -1.68. The molecule has 5 heteroatoms. The van der Waals surface area contributed by atoms with Crippen molar-refractivity contribution < 1.29 is 4.74 Å². The Bertz CT molecular complexity index is 534. The third-order valence-corrected chi connectivity index (χ3v) is 2.49. The highest BCUT2D eigenvalue weighted by molar-refractivity contribution is 14.1. The van der Waals surface area contributed by atoms with Crippen molar-refractivity contribution in [1.29, 1.82) is 5.26 Å². The van der Waals surface area contributed by atoms with Gasteiger partial charge in [0.25, 0.3) is 0 Å². The fraction of sp³-hybridized carbons (Fsp3) is 0. The zero-order valence-electron chi connectivity index (χ0n) is 8.09. The van der Waals surface area contributed by atoms with E-state index in [4.69, 9.17) is 10.00 Å². The maximum Gasteiger partial charge on any atom is 0.323 e. The Morgan fingerprint density at radius 1 is 1.19 bits per heavy atom. The van der Waals surface area contributed by atoms with Gasteiger partial charge >= 0.3 is 6.01 Å². The van der Waals surface area contributed by atoms with Gasteiger partial charge in [-0.15, -0.1) is 0 Å². The van der Waals surface area contributed by atoms with Gasteiger partial charge in [0.15, 0.2) is 0 Å². The number of benzene rings is 1. The van der Waals surface area contributed by atoms with E-state index < -0.39 is 0 Å². The monoisotopic (exact) mass is 323 g/mol. The van der Waals surface area contributed by atoms with Crippen LogP contribution in [0.2, 0.25) is 0 Å². The van der Waals surface area contributed by atoms with Gasteiger partial charge in [0.1, 0.15) is 17.5 Å². The molecule has 78 valence electrons. The molecule has 0 unspecified atom stereocenters. The Morgan fingerprint density at radius 2 is 1.94 bits per heavy atom. The first kappa shape index (κ1) is 10.8. The van der Waals surface area contributed by atoms with E-state index in [1.165, 1.54) is 12.3 Å². The summed E-state index contributed by atoms with van der Waals surface area (Å²) >= 11 is 2.21. The molecule has 16 heavy (non-hydrogen) atoms. The average Bonchev–Trinajstić information content (AvgIpc) is 2.32. The van der Waals surface area contributed by atoms with Gasteiger partial charge in [-0.1, -0.05) is 0 Å². The number of hydrogen-bond donors (Lipinski definition) is 0. The van der Waals surface area contributed by atoms with Gasteiger partial charge in [0, 0.05) is 9.77 Å². The lowest BCUT2D eigenvalue weighted by Crippen LogP contribution is -1.93. The number of nitrogens with zero attached hydrogens (tertiary/aromatic N) is 3. The zero-order valence-corrected chi connectivity index (χ0v) is 10.2. The normalized spacial score (nSPS) is 9.50. The molecule has 1 heterocycles. The first-order valence-corrected chi connectivity index (χ1v) is 5.52. The summed E-state index contributed by atoms with van der Waals surface area (Å²) in [4.78, 5) is 7.83. The molecule has 0 aliphatic heterocycles. The molecule has 0 bridgehead atoms. The van der Waals surface area contributed by atoms with Gasteiger partial charge in [0.05, 0.1) is 0 Å². The largest absolute Gasteiger partial charge is 0.424 e. The van der Waals surface area contributed by atoms with Crippen molar-refractivity contribution in [1.82, 2.24) is 9.97 Å². The van der Waals surface area contributed by atoms with Crippen molar-refractivity contribution in [2.24, 2.45) is 0 Å². The highest BCUT2D eigenvalue weighted by Gasteiger charge is 2.01. The van der Waals surface area contributed by atoms with Crippen molar-refractivity contribution in [2.45, 2.75) is 0 Å². The molecule has 2 aromatic rings. The Labute approximate surface area is 106 Å². The summed E-state index contributed by atoms with van der Waals surface area (Å²) < 4.78 is 6.52. The van der Waals surface area contributed by atoms with Crippen LogP contribution in [-0.2, 0) is 0 Å². The van der Waals surface area contributed by atoms with Crippen LogP contribution in [0.4, 0.5) is 0 Å². The molecular weight excluding hydrogens is 317 g/mol. The molecule has 0 N–H and O–H groups in total. The van der Waals surface area contributed by atoms with E-state index in [0.717, 1.165) is 3.57 Å². The summed E-state index contributed by atoms with van der Waals surface area (Å²) in [5, 5.41) is 8.67. The maximum absolute atomic E-state index is 8.67. The SMILES string of the molecule is N#Cc1ccnc(Oc2ccc(I)cc2)n1. The number of nitriles is 1. The van der Waals surface area contributed by atoms with E-state index >= 15 is 0 Å². The Kier molecular flexibility index (Phi) is 3.31. The van der Waals surface area contributed by atoms with Crippen LogP contribution in [0.5, 0.6) is 11.8 Å². The van der Waals surface area contributed by atoms with E-state index in [9.17, 15) is 0 Å². The molecule has 0 aliphatic carbocycles. The number of rotatable bonds is 2. The third-order valence-electron chi connectivity index (χ3n) is 1.77. The third kappa shape index (κ3) is 2.67. The summed E-state index contributed by atoms with van der Waals surface area (Å²) in [6.45, 7) is 0. The van der Waals surface area contributed by atoms with Crippen LogP contribution in [0.1, 0.15) is 5.69 Å². The molecule has 2 rings (SSSR count). The van der Waals surface area contributed by atoms with Crippen LogP contribution >= 0.6 is 22.6 Å². The summed E-state index contributed by atoms with van der Waals surface area (Å²) in [5.41, 5.74) is 0.288. The van der Waals surface area contributed by atoms with Crippen molar-refractivity contribution in [3.8, 4) is 17.8 Å². The van der Waals surface area contributed by atoms with Crippen molar-refractivity contribution >= 4 is 22.6 Å². The predicted octanol–water partition coefficient (Wildman–Crippen LogP) is 2.75. The highest BCUT2D eigenvalue weighted by Crippen LogP contribution is 2.18. The van der Waals surface area contributed by atoms with Crippen molar-refractivity contribution in [3.05, 3.63) is 45.8 Å². The maximum atomic E-state index is 8.67. The zero-order chi connectivity index (χ0) is 11.4. The molecule has 0 atom stereocenters. The van der Waals surface area contributed by atoms with Crippen LogP contribution in [0.25, 0.3) is 0 Å². The van der Waals surface area contributed by atoms with Gasteiger partial charge < -0.3 is 4.74 Å². The lowest BCUT2D eigenvalue weighted by Gasteiger charge is -2.02. The quantitative estimate of drug-likeness (QED) is 0.798. The molecule has 0 radical (unpaired) electrons. The van der Waals surface area contributed by atoms with Crippen LogP contribution < -0.4 is 4.74 Å². The van der Waals surface area contributed by atoms with E-state index in [2.05, 4.69) is 32.6 Å². The first-order valence-electron chi connectivity index (χ1n) is 4.44. The second-order valence-corrected chi connectivity index (χ2v) is 4.14. The fourth-order valence-corrected chi connectivity index (χ4v) is 1.42. The standard InChI is InChI=1S/C11H6IN3O/c12-8-1-3-10(4-2-8)16-11-14-6-5-9(7-13)15-11/h1-6H. The fourth-order valence-electron chi connectivity index (χ4n) is 1.06. The van der Waals surface area contributed by atoms with Crippen LogP contribution in [-0.4, -0.2) is 9.97 Å². The number of hydrogen-bond acceptors (Lipinski definition) is 4. The molecule has 0 aliphatic rings. The molecule has 0 saturated carbocycles. The molecule has 4 nitrogen and oxygen atoms in total. The van der Waals surface area contributed by atoms with Gasteiger partial charge in [-0.25, -0.2) is 4.98 Å². The summed E-state index contributed by atoms with van der Waals surface area (Å²) in [6.07, 6.45) is 1.49. The molecule has 1 aromatic carbocycles. The van der Waals surface area contributed by atoms with Crippen molar-refractivity contribution in [2.75, 3.05) is 0 Å². The molecule has 1 aromatic heterocycles. The van der Waals surface area contributed by atoms with Crippen LogP contribution in [0, 0.1) is 14.9 Å². The topological polar surface area (TPSA) is 58.8 Å². The van der Waals surface area contributed by atoms with E-state index in [-0.39, 0.29) is 11.7 Å². The number of halogens is 1. The highest BCUT2D eigenvalue weighted by atomic mass is 127. The van der Waals surface area contributed by atoms with Gasteiger partial charge in [-0.05, 0) is 52.9 Å². The summed E-state index contributed by atoms with van der Waals surface area (Å²) in [5.74, 6) is 0.649. The minimum atomic E-state index is 0.181. The van der Waals surface area contributed by atoms with E-state index in [1.807, 2.05) is 30.3 Å². The van der Waals surface area contributed by atoms with Gasteiger partial charge in [-0.3, -0.25) is 0 Å². The lowest BCUT2D eigenvalue weighted by molar-refractivity contribution is 0.441. The molecule has 0 fully saturated rings. The first-order chi connectivity index (χ1) is 7.78. The van der Waals surface area contributed by atoms with E-state index in [1.54, 1.807) is 0 Å². The van der Waals surface area contributed by atoms with Gasteiger partial charge in [0.2, 0.25) is 0 Å². The van der Waals surface area contributed by atoms with Crippen LogP contribution in [0.3, 0.4) is 0 Å².